The molecule has 0 aliphatic rings. The summed E-state index contributed by atoms with van der Waals surface area (Å²) >= 11 is 0. The Balaban J connectivity index is 4.08. The van der Waals surface area contributed by atoms with E-state index in [1.165, 1.54) is 13.5 Å². The molecule has 0 saturated carbocycles. The Bertz CT molecular complexity index is 182. The highest BCUT2D eigenvalue weighted by Crippen LogP contribution is 2.09. The molecule has 0 rings (SSSR count). The summed E-state index contributed by atoms with van der Waals surface area (Å²) in [7, 11) is 1.44. The Hall–Kier alpha value is -0.570. The van der Waals surface area contributed by atoms with Crippen molar-refractivity contribution in [2.75, 3.05) is 7.11 Å². The van der Waals surface area contributed by atoms with Crippen molar-refractivity contribution >= 4 is 5.97 Å². The highest BCUT2D eigenvalue weighted by molar-refractivity contribution is 5.72. The van der Waals surface area contributed by atoms with Gasteiger partial charge in [-0.2, -0.15) is 0 Å². The number of nitrogens with one attached hydrogen (secondary N) is 1. The number of esters is 1. The maximum Gasteiger partial charge on any atom is 0.309 e. The van der Waals surface area contributed by atoms with Crippen molar-refractivity contribution in [2.45, 2.75) is 59.0 Å². The second-order valence-corrected chi connectivity index (χ2v) is 4.16. The van der Waals surface area contributed by atoms with Crippen molar-refractivity contribution in [3.05, 3.63) is 0 Å². The Labute approximate surface area is 93.6 Å². The van der Waals surface area contributed by atoms with Gasteiger partial charge in [-0.3, -0.25) is 4.79 Å². The zero-order valence-corrected chi connectivity index (χ0v) is 10.7. The lowest BCUT2D eigenvalue weighted by molar-refractivity contribution is -0.145. The van der Waals surface area contributed by atoms with E-state index in [1.807, 2.05) is 13.8 Å². The lowest BCUT2D eigenvalue weighted by Crippen LogP contribution is -2.42. The normalized spacial score (nSPS) is 16.9. The summed E-state index contributed by atoms with van der Waals surface area (Å²) < 4.78 is 4.73. The number of methoxy groups -OCH3 is 1. The molecule has 0 aromatic heterocycles. The van der Waals surface area contributed by atoms with Gasteiger partial charge in [0, 0.05) is 12.1 Å². The van der Waals surface area contributed by atoms with Crippen LogP contribution in [0.15, 0.2) is 0 Å². The Kier molecular flexibility index (Phi) is 7.39. The van der Waals surface area contributed by atoms with Crippen LogP contribution in [0.4, 0.5) is 0 Å². The zero-order valence-electron chi connectivity index (χ0n) is 10.7. The Morgan fingerprint density at radius 1 is 1.33 bits per heavy atom. The van der Waals surface area contributed by atoms with Crippen LogP contribution >= 0.6 is 0 Å². The summed E-state index contributed by atoms with van der Waals surface area (Å²) in [4.78, 5) is 11.3. The molecule has 0 aromatic carbocycles. The Morgan fingerprint density at radius 3 is 2.33 bits per heavy atom. The van der Waals surface area contributed by atoms with E-state index in [0.717, 1.165) is 12.8 Å². The van der Waals surface area contributed by atoms with Crippen LogP contribution < -0.4 is 5.32 Å². The summed E-state index contributed by atoms with van der Waals surface area (Å²) in [6.45, 7) is 8.30. The minimum Gasteiger partial charge on any atom is -0.469 e. The molecular formula is C12H25NO2. The molecule has 0 aliphatic carbocycles. The monoisotopic (exact) mass is 215 g/mol. The first-order valence-corrected chi connectivity index (χ1v) is 5.90. The first-order chi connectivity index (χ1) is 7.06. The summed E-state index contributed by atoms with van der Waals surface area (Å²) in [6, 6.07) is 0.686. The van der Waals surface area contributed by atoms with Gasteiger partial charge in [-0.05, 0) is 19.8 Å². The number of rotatable bonds is 7. The van der Waals surface area contributed by atoms with Gasteiger partial charge in [0.1, 0.15) is 0 Å². The van der Waals surface area contributed by atoms with Crippen LogP contribution in [0.5, 0.6) is 0 Å². The SMILES string of the molecule is CCCC(CC)NC(C)C(C)C(=O)OC. The highest BCUT2D eigenvalue weighted by Gasteiger charge is 2.22. The van der Waals surface area contributed by atoms with E-state index in [-0.39, 0.29) is 17.9 Å². The van der Waals surface area contributed by atoms with Crippen LogP contribution in [0.1, 0.15) is 47.0 Å². The van der Waals surface area contributed by atoms with Crippen molar-refractivity contribution < 1.29 is 9.53 Å². The maximum absolute atomic E-state index is 11.3. The van der Waals surface area contributed by atoms with E-state index in [2.05, 4.69) is 19.2 Å². The van der Waals surface area contributed by atoms with Crippen molar-refractivity contribution in [3.63, 3.8) is 0 Å². The molecule has 0 spiro atoms. The topological polar surface area (TPSA) is 38.3 Å². The summed E-state index contributed by atoms with van der Waals surface area (Å²) in [5.41, 5.74) is 0. The fourth-order valence-electron chi connectivity index (χ4n) is 1.66. The number of carbonyl (C=O) groups excluding carboxylic acids is 1. The predicted molar refractivity (Wildman–Crippen MR) is 62.8 cm³/mol. The molecule has 3 heteroatoms. The Morgan fingerprint density at radius 2 is 1.93 bits per heavy atom. The highest BCUT2D eigenvalue weighted by atomic mass is 16.5. The van der Waals surface area contributed by atoms with E-state index in [4.69, 9.17) is 4.74 Å². The van der Waals surface area contributed by atoms with Crippen molar-refractivity contribution in [1.29, 1.82) is 0 Å². The molecule has 0 amide bonds. The van der Waals surface area contributed by atoms with Crippen LogP contribution in [-0.2, 0) is 9.53 Å². The minimum atomic E-state index is -0.138. The number of ether oxygens (including phenoxy) is 1. The molecule has 0 fully saturated rings. The minimum absolute atomic E-state index is 0.0825. The van der Waals surface area contributed by atoms with Gasteiger partial charge in [-0.1, -0.05) is 27.2 Å². The molecule has 0 aliphatic heterocycles. The zero-order chi connectivity index (χ0) is 11.8. The second-order valence-electron chi connectivity index (χ2n) is 4.16. The molecular weight excluding hydrogens is 190 g/mol. The first-order valence-electron chi connectivity index (χ1n) is 5.90. The summed E-state index contributed by atoms with van der Waals surface area (Å²) in [5, 5.41) is 3.48. The lowest BCUT2D eigenvalue weighted by Gasteiger charge is -2.25. The third-order valence-corrected chi connectivity index (χ3v) is 2.95. The van der Waals surface area contributed by atoms with E-state index >= 15 is 0 Å². The average molecular weight is 215 g/mol. The molecule has 3 unspecified atom stereocenters. The predicted octanol–water partition coefficient (Wildman–Crippen LogP) is 2.35. The molecule has 0 saturated heterocycles. The molecule has 0 bridgehead atoms. The van der Waals surface area contributed by atoms with E-state index in [0.29, 0.717) is 6.04 Å². The largest absolute Gasteiger partial charge is 0.469 e. The van der Waals surface area contributed by atoms with Crippen molar-refractivity contribution in [3.8, 4) is 0 Å². The number of hydrogen-bond donors (Lipinski definition) is 1. The molecule has 1 N–H and O–H groups in total. The average Bonchev–Trinajstić information content (AvgIpc) is 2.26. The van der Waals surface area contributed by atoms with Crippen LogP contribution in [0.3, 0.4) is 0 Å². The van der Waals surface area contributed by atoms with E-state index < -0.39 is 0 Å². The fraction of sp³-hybridized carbons (Fsp3) is 0.917. The van der Waals surface area contributed by atoms with E-state index in [1.54, 1.807) is 0 Å². The van der Waals surface area contributed by atoms with Gasteiger partial charge in [0.25, 0.3) is 0 Å². The van der Waals surface area contributed by atoms with Crippen molar-refractivity contribution in [2.24, 2.45) is 5.92 Å². The van der Waals surface area contributed by atoms with Gasteiger partial charge in [0.2, 0.25) is 0 Å². The smallest absolute Gasteiger partial charge is 0.309 e. The van der Waals surface area contributed by atoms with E-state index in [9.17, 15) is 4.79 Å². The maximum atomic E-state index is 11.3. The quantitative estimate of drug-likeness (QED) is 0.662. The van der Waals surface area contributed by atoms with Gasteiger partial charge in [-0.15, -0.1) is 0 Å². The molecule has 3 atom stereocenters. The molecule has 15 heavy (non-hydrogen) atoms. The number of hydrogen-bond acceptors (Lipinski definition) is 3. The second kappa shape index (κ2) is 7.69. The molecule has 0 radical (unpaired) electrons. The van der Waals surface area contributed by atoms with Gasteiger partial charge in [-0.25, -0.2) is 0 Å². The lowest BCUT2D eigenvalue weighted by atomic mass is 10.0. The third kappa shape index (κ3) is 5.17. The summed E-state index contributed by atoms with van der Waals surface area (Å²) in [6.07, 6.45) is 3.44. The van der Waals surface area contributed by atoms with Crippen LogP contribution in [-0.4, -0.2) is 25.2 Å². The van der Waals surface area contributed by atoms with Gasteiger partial charge in [0.15, 0.2) is 0 Å². The fourth-order valence-corrected chi connectivity index (χ4v) is 1.66. The summed E-state index contributed by atoms with van der Waals surface area (Å²) in [5.74, 6) is -0.220. The molecule has 0 heterocycles. The standard InChI is InChI=1S/C12H25NO2/c1-6-8-11(7-2)13-10(4)9(3)12(14)15-5/h9-11,13H,6-8H2,1-5H3. The van der Waals surface area contributed by atoms with Crippen molar-refractivity contribution in [1.82, 2.24) is 5.32 Å². The molecule has 0 aromatic rings. The van der Waals surface area contributed by atoms with Crippen LogP contribution in [0.25, 0.3) is 0 Å². The number of carbonyl (C=O) groups is 1. The first kappa shape index (κ1) is 14.4. The van der Waals surface area contributed by atoms with Crippen LogP contribution in [0.2, 0.25) is 0 Å². The van der Waals surface area contributed by atoms with Gasteiger partial charge < -0.3 is 10.1 Å². The molecule has 90 valence electrons. The van der Waals surface area contributed by atoms with Gasteiger partial charge in [0.05, 0.1) is 13.0 Å². The van der Waals surface area contributed by atoms with Crippen LogP contribution in [0, 0.1) is 5.92 Å². The van der Waals surface area contributed by atoms with Gasteiger partial charge >= 0.3 is 5.97 Å². The molecule has 3 nitrogen and oxygen atoms in total. The third-order valence-electron chi connectivity index (χ3n) is 2.95.